The van der Waals surface area contributed by atoms with Gasteiger partial charge < -0.3 is 15.2 Å². The Balaban J connectivity index is 1.54. The molecular weight excluding hydrogens is 362 g/mol. The summed E-state index contributed by atoms with van der Waals surface area (Å²) in [7, 11) is 0. The van der Waals surface area contributed by atoms with Crippen molar-refractivity contribution < 1.29 is 15.0 Å². The maximum absolute atomic E-state index is 11.0. The van der Waals surface area contributed by atoms with Crippen LogP contribution in [0.5, 0.6) is 5.75 Å². The second kappa shape index (κ2) is 5.88. The molecule has 1 heterocycles. The van der Waals surface area contributed by atoms with E-state index in [9.17, 15) is 9.90 Å². The number of phenols is 1. The molecule has 2 aromatic carbocycles. The molecule has 3 N–H and O–H groups in total. The van der Waals surface area contributed by atoms with Gasteiger partial charge in [0, 0.05) is 33.3 Å². The summed E-state index contributed by atoms with van der Waals surface area (Å²) in [4.78, 5) is 14.4. The number of aromatic amines is 1. The van der Waals surface area contributed by atoms with Gasteiger partial charge in [-0.15, -0.1) is 0 Å². The van der Waals surface area contributed by atoms with E-state index in [-0.39, 0.29) is 5.41 Å². The number of benzene rings is 2. The number of aromatic hydroxyl groups is 1. The highest BCUT2D eigenvalue weighted by atomic mass is 16.4. The molecule has 1 aromatic heterocycles. The zero-order valence-corrected chi connectivity index (χ0v) is 16.3. The first-order valence-corrected chi connectivity index (χ1v) is 10.7. The third-order valence-corrected chi connectivity index (χ3v) is 7.76. The Morgan fingerprint density at radius 2 is 1.66 bits per heavy atom. The molecule has 3 aromatic rings. The van der Waals surface area contributed by atoms with Gasteiger partial charge in [-0.05, 0) is 86.1 Å². The van der Waals surface area contributed by atoms with Crippen molar-refractivity contribution in [2.75, 3.05) is 0 Å². The van der Waals surface area contributed by atoms with Gasteiger partial charge in [0.25, 0.3) is 0 Å². The normalized spacial score (nSPS) is 30.7. The summed E-state index contributed by atoms with van der Waals surface area (Å²) in [5, 5.41) is 22.2. The van der Waals surface area contributed by atoms with E-state index < -0.39 is 5.97 Å². The van der Waals surface area contributed by atoms with Gasteiger partial charge in [0.1, 0.15) is 5.75 Å². The second-order valence-electron chi connectivity index (χ2n) is 9.68. The molecular formula is C25H25NO3. The Morgan fingerprint density at radius 3 is 2.31 bits per heavy atom. The van der Waals surface area contributed by atoms with E-state index in [1.165, 1.54) is 38.5 Å². The fourth-order valence-electron chi connectivity index (χ4n) is 7.21. The average Bonchev–Trinajstić information content (AvgIpc) is 3.02. The smallest absolute Gasteiger partial charge is 0.328 e. The van der Waals surface area contributed by atoms with Crippen LogP contribution in [-0.4, -0.2) is 21.2 Å². The first-order valence-electron chi connectivity index (χ1n) is 10.7. The van der Waals surface area contributed by atoms with Crippen LogP contribution in [0.1, 0.15) is 49.7 Å². The fraction of sp³-hybridized carbons (Fsp3) is 0.400. The number of hydrogen-bond acceptors (Lipinski definition) is 2. The van der Waals surface area contributed by atoms with Crippen molar-refractivity contribution in [3.8, 4) is 5.75 Å². The van der Waals surface area contributed by atoms with Crippen molar-refractivity contribution in [2.45, 2.75) is 43.9 Å². The molecule has 0 saturated heterocycles. The van der Waals surface area contributed by atoms with Gasteiger partial charge in [0.05, 0.1) is 5.52 Å². The number of phenolic OH excluding ortho intramolecular Hbond substituents is 1. The van der Waals surface area contributed by atoms with Crippen LogP contribution in [-0.2, 0) is 10.2 Å². The third-order valence-electron chi connectivity index (χ3n) is 7.76. The number of H-pyrrole nitrogens is 1. The van der Waals surface area contributed by atoms with Crippen molar-refractivity contribution >= 4 is 33.9 Å². The van der Waals surface area contributed by atoms with Crippen molar-refractivity contribution in [3.05, 3.63) is 47.5 Å². The van der Waals surface area contributed by atoms with Gasteiger partial charge in [-0.1, -0.05) is 12.1 Å². The summed E-state index contributed by atoms with van der Waals surface area (Å²) in [5.41, 5.74) is 4.15. The Bertz CT molecular complexity index is 1150. The fourth-order valence-corrected chi connectivity index (χ4v) is 7.21. The minimum absolute atomic E-state index is 0.102. The number of fused-ring (bicyclic) bond motifs is 3. The molecule has 4 heteroatoms. The van der Waals surface area contributed by atoms with Crippen molar-refractivity contribution in [1.29, 1.82) is 0 Å². The molecule has 0 radical (unpaired) electrons. The largest absolute Gasteiger partial charge is 0.508 e. The maximum atomic E-state index is 11.0. The molecule has 4 fully saturated rings. The molecule has 7 rings (SSSR count). The highest BCUT2D eigenvalue weighted by Gasteiger charge is 2.53. The van der Waals surface area contributed by atoms with Crippen LogP contribution in [0.4, 0.5) is 0 Å². The van der Waals surface area contributed by atoms with Crippen molar-refractivity contribution in [1.82, 2.24) is 4.98 Å². The van der Waals surface area contributed by atoms with E-state index in [0.29, 0.717) is 5.75 Å². The molecule has 0 spiro atoms. The number of aliphatic carboxylic acids is 1. The molecule has 148 valence electrons. The second-order valence-corrected chi connectivity index (χ2v) is 9.68. The lowest BCUT2D eigenvalue weighted by atomic mass is 9.48. The molecule has 29 heavy (non-hydrogen) atoms. The zero-order valence-electron chi connectivity index (χ0n) is 16.3. The molecule has 0 amide bonds. The van der Waals surface area contributed by atoms with Gasteiger partial charge in [0.15, 0.2) is 0 Å². The lowest BCUT2D eigenvalue weighted by molar-refractivity contribution is -0.131. The quantitative estimate of drug-likeness (QED) is 0.513. The SMILES string of the molecule is O=C(O)/C=C/c1ccc2c(c1)[nH]c1c(C34CC5CC(CC(C5)C3)C4)c(O)ccc12. The minimum Gasteiger partial charge on any atom is -0.508 e. The monoisotopic (exact) mass is 387 g/mol. The Morgan fingerprint density at radius 1 is 1.00 bits per heavy atom. The van der Waals surface area contributed by atoms with Gasteiger partial charge >= 0.3 is 5.97 Å². The number of carboxylic acids is 1. The lowest BCUT2D eigenvalue weighted by Gasteiger charge is -2.57. The number of hydrogen-bond donors (Lipinski definition) is 3. The van der Waals surface area contributed by atoms with Crippen LogP contribution in [0.2, 0.25) is 0 Å². The van der Waals surface area contributed by atoms with Gasteiger partial charge in [-0.3, -0.25) is 0 Å². The summed E-state index contributed by atoms with van der Waals surface area (Å²) in [5.74, 6) is 1.92. The molecule has 0 atom stereocenters. The number of rotatable bonds is 3. The highest BCUT2D eigenvalue weighted by molar-refractivity contribution is 6.09. The summed E-state index contributed by atoms with van der Waals surface area (Å²) < 4.78 is 0. The topological polar surface area (TPSA) is 73.3 Å². The zero-order chi connectivity index (χ0) is 19.8. The van der Waals surface area contributed by atoms with Gasteiger partial charge in [-0.25, -0.2) is 4.79 Å². The Kier molecular flexibility index (Phi) is 3.48. The van der Waals surface area contributed by atoms with Crippen LogP contribution >= 0.6 is 0 Å². The van der Waals surface area contributed by atoms with E-state index in [1.807, 2.05) is 24.3 Å². The maximum Gasteiger partial charge on any atom is 0.328 e. The van der Waals surface area contributed by atoms with E-state index in [4.69, 9.17) is 5.11 Å². The summed E-state index contributed by atoms with van der Waals surface area (Å²) >= 11 is 0. The third kappa shape index (κ3) is 2.54. The van der Waals surface area contributed by atoms with E-state index in [1.54, 1.807) is 6.08 Å². The van der Waals surface area contributed by atoms with Crippen LogP contribution in [0.15, 0.2) is 36.4 Å². The van der Waals surface area contributed by atoms with Crippen LogP contribution in [0.25, 0.3) is 27.9 Å². The summed E-state index contributed by atoms with van der Waals surface area (Å²) in [6.07, 6.45) is 10.5. The summed E-state index contributed by atoms with van der Waals surface area (Å²) in [6.45, 7) is 0. The number of carbonyl (C=O) groups is 1. The molecule has 0 aliphatic heterocycles. The predicted molar refractivity (Wildman–Crippen MR) is 114 cm³/mol. The molecule has 4 bridgehead atoms. The first kappa shape index (κ1) is 17.1. The van der Waals surface area contributed by atoms with Crippen LogP contribution in [0, 0.1) is 17.8 Å². The van der Waals surface area contributed by atoms with E-state index >= 15 is 0 Å². The summed E-state index contributed by atoms with van der Waals surface area (Å²) in [6, 6.07) is 9.89. The van der Waals surface area contributed by atoms with Crippen molar-refractivity contribution in [3.63, 3.8) is 0 Å². The van der Waals surface area contributed by atoms with Gasteiger partial charge in [0.2, 0.25) is 0 Å². The number of carboxylic acid groups (broad SMARTS) is 1. The first-order chi connectivity index (χ1) is 14.0. The van der Waals surface area contributed by atoms with Crippen molar-refractivity contribution in [2.24, 2.45) is 17.8 Å². The number of aromatic nitrogens is 1. The van der Waals surface area contributed by atoms with Crippen LogP contribution < -0.4 is 0 Å². The lowest BCUT2D eigenvalue weighted by Crippen LogP contribution is -2.48. The molecule has 4 aliphatic carbocycles. The van der Waals surface area contributed by atoms with Crippen LogP contribution in [0.3, 0.4) is 0 Å². The molecule has 0 unspecified atom stereocenters. The van der Waals surface area contributed by atoms with E-state index in [0.717, 1.165) is 56.8 Å². The minimum atomic E-state index is -0.948. The van der Waals surface area contributed by atoms with Gasteiger partial charge in [-0.2, -0.15) is 0 Å². The predicted octanol–water partition coefficient (Wildman–Crippen LogP) is 5.59. The highest BCUT2D eigenvalue weighted by Crippen LogP contribution is 2.62. The average molecular weight is 387 g/mol. The molecule has 4 saturated carbocycles. The molecule has 4 aliphatic rings. The Labute approximate surface area is 169 Å². The van der Waals surface area contributed by atoms with E-state index in [2.05, 4.69) is 11.1 Å². The molecule has 4 nitrogen and oxygen atoms in total. The Hall–Kier alpha value is -2.75. The standard InChI is InChI=1S/C25H25NO3/c27-21-5-4-19-18-3-1-14(2-6-22(28)29)10-20(18)26-24(19)23(21)25-11-15-7-16(12-25)9-17(8-15)13-25/h1-6,10,15-17,26-27H,7-9,11-13H2,(H,28,29)/b6-2+. The number of nitrogens with one attached hydrogen (secondary N) is 1.